The van der Waals surface area contributed by atoms with E-state index in [2.05, 4.69) is 10.6 Å². The molecule has 162 valence electrons. The van der Waals surface area contributed by atoms with Crippen LogP contribution in [0.1, 0.15) is 30.5 Å². The second kappa shape index (κ2) is 11.4. The van der Waals surface area contributed by atoms with Gasteiger partial charge >= 0.3 is 12.1 Å². The number of hydrogen-bond acceptors (Lipinski definition) is 5. The van der Waals surface area contributed by atoms with Gasteiger partial charge in [0.25, 0.3) is 0 Å². The second-order valence-corrected chi connectivity index (χ2v) is 7.34. The third-order valence-corrected chi connectivity index (χ3v) is 4.57. The van der Waals surface area contributed by atoms with Crippen LogP contribution in [0.15, 0.2) is 54.6 Å². The Kier molecular flexibility index (Phi) is 8.58. The SMILES string of the molecule is CC(C)[C@H](NC(=O)OCc1ccccc1)C(=O)N[C@H](Cc1ccc(C#N)cc1)C(=O)O. The van der Waals surface area contributed by atoms with Gasteiger partial charge in [0, 0.05) is 6.42 Å². The van der Waals surface area contributed by atoms with Crippen LogP contribution in [0.25, 0.3) is 0 Å². The Morgan fingerprint density at radius 2 is 1.65 bits per heavy atom. The molecule has 2 aromatic rings. The molecule has 0 aliphatic heterocycles. The van der Waals surface area contributed by atoms with Crippen LogP contribution < -0.4 is 10.6 Å². The smallest absolute Gasteiger partial charge is 0.408 e. The van der Waals surface area contributed by atoms with Crippen LogP contribution in [-0.4, -0.2) is 35.2 Å². The number of nitrogens with one attached hydrogen (secondary N) is 2. The van der Waals surface area contributed by atoms with Gasteiger partial charge in [-0.05, 0) is 29.2 Å². The topological polar surface area (TPSA) is 129 Å². The monoisotopic (exact) mass is 423 g/mol. The van der Waals surface area contributed by atoms with Gasteiger partial charge in [0.2, 0.25) is 5.91 Å². The van der Waals surface area contributed by atoms with Crippen molar-refractivity contribution in [1.29, 1.82) is 5.26 Å². The predicted octanol–water partition coefficient (Wildman–Crippen LogP) is 2.62. The zero-order valence-electron chi connectivity index (χ0n) is 17.4. The van der Waals surface area contributed by atoms with Crippen molar-refractivity contribution in [2.24, 2.45) is 5.92 Å². The number of carboxylic acid groups (broad SMARTS) is 1. The highest BCUT2D eigenvalue weighted by Gasteiger charge is 2.29. The number of carbonyl (C=O) groups is 3. The molecule has 0 aliphatic carbocycles. The van der Waals surface area contributed by atoms with Crippen molar-refractivity contribution in [3.63, 3.8) is 0 Å². The third kappa shape index (κ3) is 7.48. The summed E-state index contributed by atoms with van der Waals surface area (Å²) in [5.74, 6) is -2.12. The van der Waals surface area contributed by atoms with E-state index in [1.165, 1.54) is 0 Å². The Hall–Kier alpha value is -3.86. The van der Waals surface area contributed by atoms with Gasteiger partial charge in [-0.25, -0.2) is 9.59 Å². The molecule has 2 aromatic carbocycles. The fraction of sp³-hybridized carbons (Fsp3) is 0.304. The van der Waals surface area contributed by atoms with E-state index in [0.717, 1.165) is 5.56 Å². The average Bonchev–Trinajstić information content (AvgIpc) is 2.76. The number of ether oxygens (including phenoxy) is 1. The molecule has 0 bridgehead atoms. The van der Waals surface area contributed by atoms with E-state index in [1.807, 2.05) is 24.3 Å². The quantitative estimate of drug-likeness (QED) is 0.569. The molecule has 0 spiro atoms. The first-order valence-corrected chi connectivity index (χ1v) is 9.79. The molecule has 3 N–H and O–H groups in total. The first-order valence-electron chi connectivity index (χ1n) is 9.79. The Balaban J connectivity index is 1.98. The standard InChI is InChI=1S/C23H25N3O5/c1-15(2)20(26-23(30)31-14-18-6-4-3-5-7-18)21(27)25-19(22(28)29)12-16-8-10-17(13-24)11-9-16/h3-11,15,19-20H,12,14H2,1-2H3,(H,25,27)(H,26,30)(H,28,29)/t19-,20+/m1/s1. The number of benzene rings is 2. The van der Waals surface area contributed by atoms with Crippen LogP contribution in [0.5, 0.6) is 0 Å². The molecule has 31 heavy (non-hydrogen) atoms. The molecule has 0 radical (unpaired) electrons. The van der Waals surface area contributed by atoms with E-state index in [0.29, 0.717) is 11.1 Å². The number of carbonyl (C=O) groups excluding carboxylic acids is 2. The lowest BCUT2D eigenvalue weighted by Gasteiger charge is -2.24. The maximum absolute atomic E-state index is 12.7. The van der Waals surface area contributed by atoms with E-state index in [9.17, 15) is 19.5 Å². The summed E-state index contributed by atoms with van der Waals surface area (Å²) in [5.41, 5.74) is 1.91. The minimum atomic E-state index is -1.20. The van der Waals surface area contributed by atoms with Gasteiger partial charge in [-0.2, -0.15) is 5.26 Å². The maximum Gasteiger partial charge on any atom is 0.408 e. The molecule has 2 rings (SSSR count). The molecule has 0 saturated carbocycles. The number of alkyl carbamates (subject to hydrolysis) is 1. The summed E-state index contributed by atoms with van der Waals surface area (Å²) in [6, 6.07) is 15.4. The van der Waals surface area contributed by atoms with E-state index in [4.69, 9.17) is 10.00 Å². The predicted molar refractivity (Wildman–Crippen MR) is 113 cm³/mol. The summed E-state index contributed by atoms with van der Waals surface area (Å²) in [6.45, 7) is 3.52. The van der Waals surface area contributed by atoms with Crippen molar-refractivity contribution >= 4 is 18.0 Å². The number of nitriles is 1. The zero-order valence-corrected chi connectivity index (χ0v) is 17.4. The van der Waals surface area contributed by atoms with Crippen molar-refractivity contribution < 1.29 is 24.2 Å². The highest BCUT2D eigenvalue weighted by atomic mass is 16.5. The van der Waals surface area contributed by atoms with Gasteiger partial charge in [-0.3, -0.25) is 4.79 Å². The maximum atomic E-state index is 12.7. The summed E-state index contributed by atoms with van der Waals surface area (Å²) >= 11 is 0. The summed E-state index contributed by atoms with van der Waals surface area (Å²) in [4.78, 5) is 36.5. The normalized spacial score (nSPS) is 12.3. The molecule has 0 aliphatic rings. The Morgan fingerprint density at radius 3 is 2.19 bits per heavy atom. The number of hydrogen-bond donors (Lipinski definition) is 3. The first kappa shape index (κ1) is 23.4. The Morgan fingerprint density at radius 1 is 1.00 bits per heavy atom. The van der Waals surface area contributed by atoms with Crippen molar-refractivity contribution in [3.8, 4) is 6.07 Å². The van der Waals surface area contributed by atoms with Gasteiger partial charge in [0.1, 0.15) is 18.7 Å². The van der Waals surface area contributed by atoms with Gasteiger partial charge in [-0.1, -0.05) is 56.3 Å². The highest BCUT2D eigenvalue weighted by molar-refractivity contribution is 5.89. The number of nitrogens with zero attached hydrogens (tertiary/aromatic N) is 1. The molecular weight excluding hydrogens is 398 g/mol. The summed E-state index contributed by atoms with van der Waals surface area (Å²) in [6.07, 6.45) is -0.729. The summed E-state index contributed by atoms with van der Waals surface area (Å²) < 4.78 is 5.16. The van der Waals surface area contributed by atoms with Crippen molar-refractivity contribution in [2.75, 3.05) is 0 Å². The Labute approximate surface area is 180 Å². The number of rotatable bonds is 9. The fourth-order valence-corrected chi connectivity index (χ4v) is 2.84. The van der Waals surface area contributed by atoms with Gasteiger partial charge in [-0.15, -0.1) is 0 Å². The van der Waals surface area contributed by atoms with Crippen LogP contribution in [0.3, 0.4) is 0 Å². The summed E-state index contributed by atoms with van der Waals surface area (Å²) in [7, 11) is 0. The lowest BCUT2D eigenvalue weighted by molar-refractivity contribution is -0.142. The van der Waals surface area contributed by atoms with E-state index >= 15 is 0 Å². The highest BCUT2D eigenvalue weighted by Crippen LogP contribution is 2.09. The van der Waals surface area contributed by atoms with Crippen LogP contribution in [0, 0.1) is 17.2 Å². The minimum absolute atomic E-state index is 0.0377. The third-order valence-electron chi connectivity index (χ3n) is 4.57. The summed E-state index contributed by atoms with van der Waals surface area (Å²) in [5, 5.41) is 23.4. The molecule has 2 amide bonds. The average molecular weight is 423 g/mol. The molecule has 0 saturated heterocycles. The molecule has 2 atom stereocenters. The van der Waals surface area contributed by atoms with Crippen LogP contribution >= 0.6 is 0 Å². The number of carboxylic acids is 1. The van der Waals surface area contributed by atoms with E-state index in [-0.39, 0.29) is 18.9 Å². The molecule has 0 heterocycles. The minimum Gasteiger partial charge on any atom is -0.480 e. The first-order chi connectivity index (χ1) is 14.8. The molecule has 8 heteroatoms. The lowest BCUT2D eigenvalue weighted by Crippen LogP contribution is -2.54. The number of amides is 2. The number of aliphatic carboxylic acids is 1. The van der Waals surface area contributed by atoms with Crippen LogP contribution in [-0.2, 0) is 27.4 Å². The van der Waals surface area contributed by atoms with Crippen molar-refractivity contribution in [1.82, 2.24) is 10.6 Å². The van der Waals surface area contributed by atoms with Crippen LogP contribution in [0.2, 0.25) is 0 Å². The van der Waals surface area contributed by atoms with Gasteiger partial charge in [0.15, 0.2) is 0 Å². The second-order valence-electron chi connectivity index (χ2n) is 7.34. The lowest BCUT2D eigenvalue weighted by atomic mass is 10.0. The molecule has 8 nitrogen and oxygen atoms in total. The molecule has 0 unspecified atom stereocenters. The molecule has 0 aromatic heterocycles. The van der Waals surface area contributed by atoms with Crippen molar-refractivity contribution in [2.45, 2.75) is 39.0 Å². The van der Waals surface area contributed by atoms with E-state index < -0.39 is 30.1 Å². The van der Waals surface area contributed by atoms with Crippen molar-refractivity contribution in [3.05, 3.63) is 71.3 Å². The zero-order chi connectivity index (χ0) is 22.8. The largest absolute Gasteiger partial charge is 0.480 e. The van der Waals surface area contributed by atoms with Crippen LogP contribution in [0.4, 0.5) is 4.79 Å². The van der Waals surface area contributed by atoms with Gasteiger partial charge < -0.3 is 20.5 Å². The van der Waals surface area contributed by atoms with Gasteiger partial charge in [0.05, 0.1) is 11.6 Å². The fourth-order valence-electron chi connectivity index (χ4n) is 2.84. The Bertz CT molecular complexity index is 936. The molecule has 0 fully saturated rings. The van der Waals surface area contributed by atoms with E-state index in [1.54, 1.807) is 50.2 Å². The molecular formula is C23H25N3O5.